The summed E-state index contributed by atoms with van der Waals surface area (Å²) in [6.45, 7) is 12.2. The molecular weight excluding hydrogens is 252 g/mol. The zero-order valence-corrected chi connectivity index (χ0v) is 13.6. The van der Waals surface area contributed by atoms with Crippen molar-refractivity contribution in [3.63, 3.8) is 0 Å². The molecule has 1 aromatic heterocycles. The van der Waals surface area contributed by atoms with E-state index < -0.39 is 0 Å². The molecule has 0 saturated carbocycles. The summed E-state index contributed by atoms with van der Waals surface area (Å²) >= 11 is 0. The van der Waals surface area contributed by atoms with Crippen LogP contribution in [0.5, 0.6) is 0 Å². The Balaban J connectivity index is 0.000000327. The van der Waals surface area contributed by atoms with Gasteiger partial charge in [0, 0.05) is 30.6 Å². The Labute approximate surface area is 122 Å². The SMILES string of the molecule is CC.CC(C)N1C=CCCC1=O.CC(C)c1ccno1. The Hall–Kier alpha value is -1.58. The van der Waals surface area contributed by atoms with Crippen molar-refractivity contribution in [3.05, 3.63) is 30.3 Å². The molecule has 0 spiro atoms. The van der Waals surface area contributed by atoms with Gasteiger partial charge in [0.15, 0.2) is 0 Å². The lowest BCUT2D eigenvalue weighted by atomic mass is 10.2. The molecule has 0 fully saturated rings. The van der Waals surface area contributed by atoms with E-state index >= 15 is 0 Å². The van der Waals surface area contributed by atoms with Crippen molar-refractivity contribution in [3.8, 4) is 0 Å². The minimum atomic E-state index is 0.248. The quantitative estimate of drug-likeness (QED) is 0.808. The molecule has 4 nitrogen and oxygen atoms in total. The molecule has 0 radical (unpaired) electrons. The number of allylic oxidation sites excluding steroid dienone is 1. The number of hydrogen-bond donors (Lipinski definition) is 0. The number of carbonyl (C=O) groups excluding carboxylic acids is 1. The lowest BCUT2D eigenvalue weighted by molar-refractivity contribution is -0.130. The van der Waals surface area contributed by atoms with Gasteiger partial charge >= 0.3 is 0 Å². The molecule has 1 aliphatic heterocycles. The predicted octanol–water partition coefficient (Wildman–Crippen LogP) is 4.36. The molecule has 1 aromatic rings. The molecule has 1 aliphatic rings. The van der Waals surface area contributed by atoms with Crippen molar-refractivity contribution in [1.29, 1.82) is 0 Å². The van der Waals surface area contributed by atoms with E-state index in [0.29, 0.717) is 18.4 Å². The largest absolute Gasteiger partial charge is 0.361 e. The highest BCUT2D eigenvalue weighted by atomic mass is 16.5. The van der Waals surface area contributed by atoms with Crippen molar-refractivity contribution in [2.75, 3.05) is 0 Å². The second-order valence-electron chi connectivity index (χ2n) is 4.89. The Bertz CT molecular complexity index is 381. The van der Waals surface area contributed by atoms with E-state index in [4.69, 9.17) is 4.52 Å². The summed E-state index contributed by atoms with van der Waals surface area (Å²) in [5.41, 5.74) is 0. The third-order valence-electron chi connectivity index (χ3n) is 2.66. The highest BCUT2D eigenvalue weighted by Crippen LogP contribution is 2.11. The molecule has 0 aliphatic carbocycles. The van der Waals surface area contributed by atoms with Crippen LogP contribution in [-0.2, 0) is 4.79 Å². The minimum absolute atomic E-state index is 0.248. The van der Waals surface area contributed by atoms with Crippen LogP contribution < -0.4 is 0 Å². The second-order valence-corrected chi connectivity index (χ2v) is 4.89. The van der Waals surface area contributed by atoms with Crippen LogP contribution in [-0.4, -0.2) is 22.0 Å². The molecule has 0 N–H and O–H groups in total. The molecule has 0 unspecified atom stereocenters. The van der Waals surface area contributed by atoms with E-state index in [2.05, 4.69) is 19.0 Å². The van der Waals surface area contributed by atoms with Gasteiger partial charge in [-0.2, -0.15) is 0 Å². The van der Waals surface area contributed by atoms with E-state index in [-0.39, 0.29) is 5.91 Å². The number of nitrogens with zero attached hydrogens (tertiary/aromatic N) is 2. The maximum atomic E-state index is 11.1. The Morgan fingerprint density at radius 2 is 1.90 bits per heavy atom. The number of hydrogen-bond acceptors (Lipinski definition) is 3. The number of carbonyl (C=O) groups is 1. The highest BCUT2D eigenvalue weighted by molar-refractivity contribution is 5.78. The summed E-state index contributed by atoms with van der Waals surface area (Å²) in [5, 5.41) is 3.57. The first kappa shape index (κ1) is 18.4. The molecule has 2 heterocycles. The normalized spacial score (nSPS) is 13.8. The topological polar surface area (TPSA) is 46.3 Å². The summed E-state index contributed by atoms with van der Waals surface area (Å²) < 4.78 is 4.84. The first-order valence-electron chi connectivity index (χ1n) is 7.40. The van der Waals surface area contributed by atoms with Crippen molar-refractivity contribution < 1.29 is 9.32 Å². The fraction of sp³-hybridized carbons (Fsp3) is 0.625. The molecule has 0 saturated heterocycles. The summed E-state index contributed by atoms with van der Waals surface area (Å²) in [4.78, 5) is 12.9. The number of amides is 1. The van der Waals surface area contributed by atoms with Crippen LogP contribution in [0.15, 0.2) is 29.1 Å². The van der Waals surface area contributed by atoms with Gasteiger partial charge in [-0.05, 0) is 20.3 Å². The highest BCUT2D eigenvalue weighted by Gasteiger charge is 2.15. The van der Waals surface area contributed by atoms with Crippen LogP contribution >= 0.6 is 0 Å². The van der Waals surface area contributed by atoms with Crippen LogP contribution in [0.4, 0.5) is 0 Å². The Morgan fingerprint density at radius 3 is 2.20 bits per heavy atom. The van der Waals surface area contributed by atoms with E-state index in [1.807, 2.05) is 46.0 Å². The van der Waals surface area contributed by atoms with Crippen LogP contribution in [0.25, 0.3) is 0 Å². The first-order valence-corrected chi connectivity index (χ1v) is 7.40. The number of rotatable bonds is 2. The Morgan fingerprint density at radius 1 is 1.25 bits per heavy atom. The molecule has 114 valence electrons. The van der Waals surface area contributed by atoms with Gasteiger partial charge in [0.05, 0.1) is 6.20 Å². The standard InChI is InChI=1S/C8H13NO.C6H9NO.C2H6/c1-7(2)9-6-4-3-5-8(9)10;1-5(2)6-3-4-7-8-6;1-2/h4,6-7H,3,5H2,1-2H3;3-5H,1-2H3;1-2H3. The maximum absolute atomic E-state index is 11.1. The van der Waals surface area contributed by atoms with Gasteiger partial charge in [0.1, 0.15) is 5.76 Å². The maximum Gasteiger partial charge on any atom is 0.227 e. The molecule has 4 heteroatoms. The average molecular weight is 280 g/mol. The summed E-state index contributed by atoms with van der Waals surface area (Å²) in [6.07, 6.45) is 7.17. The molecule has 0 aromatic carbocycles. The molecule has 20 heavy (non-hydrogen) atoms. The summed E-state index contributed by atoms with van der Waals surface area (Å²) in [5.74, 6) is 1.65. The average Bonchev–Trinajstić information content (AvgIpc) is 2.96. The van der Waals surface area contributed by atoms with Crippen molar-refractivity contribution >= 4 is 5.91 Å². The lowest BCUT2D eigenvalue weighted by Gasteiger charge is -2.25. The van der Waals surface area contributed by atoms with Crippen LogP contribution in [0.3, 0.4) is 0 Å². The van der Waals surface area contributed by atoms with Gasteiger partial charge in [0.2, 0.25) is 5.91 Å². The molecule has 2 rings (SSSR count). The molecule has 0 bridgehead atoms. The van der Waals surface area contributed by atoms with Gasteiger partial charge in [-0.25, -0.2) is 0 Å². The first-order chi connectivity index (χ1) is 9.52. The van der Waals surface area contributed by atoms with Crippen LogP contribution in [0.2, 0.25) is 0 Å². The zero-order chi connectivity index (χ0) is 15.5. The molecule has 0 atom stereocenters. The number of aromatic nitrogens is 1. The zero-order valence-electron chi connectivity index (χ0n) is 13.6. The molecular formula is C16H28N2O2. The van der Waals surface area contributed by atoms with Crippen LogP contribution in [0.1, 0.15) is 66.1 Å². The Kier molecular flexibility index (Phi) is 9.43. The van der Waals surface area contributed by atoms with E-state index in [0.717, 1.165) is 12.2 Å². The smallest absolute Gasteiger partial charge is 0.227 e. The van der Waals surface area contributed by atoms with E-state index in [1.165, 1.54) is 0 Å². The van der Waals surface area contributed by atoms with Gasteiger partial charge in [0.25, 0.3) is 0 Å². The minimum Gasteiger partial charge on any atom is -0.361 e. The van der Waals surface area contributed by atoms with Gasteiger partial charge in [-0.3, -0.25) is 4.79 Å². The third kappa shape index (κ3) is 6.55. The summed E-state index contributed by atoms with van der Waals surface area (Å²) in [7, 11) is 0. The molecule has 1 amide bonds. The fourth-order valence-corrected chi connectivity index (χ4v) is 1.59. The lowest BCUT2D eigenvalue weighted by Crippen LogP contribution is -2.33. The van der Waals surface area contributed by atoms with Gasteiger partial charge < -0.3 is 9.42 Å². The third-order valence-corrected chi connectivity index (χ3v) is 2.66. The van der Waals surface area contributed by atoms with Crippen molar-refractivity contribution in [2.24, 2.45) is 0 Å². The van der Waals surface area contributed by atoms with Gasteiger partial charge in [-0.1, -0.05) is 38.9 Å². The fourth-order valence-electron chi connectivity index (χ4n) is 1.59. The summed E-state index contributed by atoms with van der Waals surface area (Å²) in [6, 6.07) is 2.19. The monoisotopic (exact) mass is 280 g/mol. The van der Waals surface area contributed by atoms with Crippen molar-refractivity contribution in [1.82, 2.24) is 10.1 Å². The van der Waals surface area contributed by atoms with Gasteiger partial charge in [-0.15, -0.1) is 0 Å². The second kappa shape index (κ2) is 10.2. The van der Waals surface area contributed by atoms with Crippen LogP contribution in [0, 0.1) is 0 Å². The van der Waals surface area contributed by atoms with E-state index in [9.17, 15) is 4.79 Å². The predicted molar refractivity (Wildman–Crippen MR) is 82.3 cm³/mol. The van der Waals surface area contributed by atoms with E-state index in [1.54, 1.807) is 11.1 Å². The van der Waals surface area contributed by atoms with Crippen molar-refractivity contribution in [2.45, 2.75) is 66.3 Å².